The number of amides is 1. The van der Waals surface area contributed by atoms with Crippen molar-refractivity contribution in [1.82, 2.24) is 5.32 Å². The fourth-order valence-electron chi connectivity index (χ4n) is 2.66. The quantitative estimate of drug-likeness (QED) is 0.681. The monoisotopic (exact) mass is 376 g/mol. The van der Waals surface area contributed by atoms with Crippen LogP contribution < -0.4 is 15.4 Å². The summed E-state index contributed by atoms with van der Waals surface area (Å²) in [5.41, 5.74) is 0.699. The number of nitrogens with one attached hydrogen (secondary N) is 2. The molecule has 1 aliphatic rings. The first-order valence-electron chi connectivity index (χ1n) is 8.11. The fraction of sp³-hybridized carbons (Fsp3) is 0.588. The van der Waals surface area contributed by atoms with Crippen molar-refractivity contribution in [2.24, 2.45) is 5.92 Å². The Labute approximate surface area is 154 Å². The lowest BCUT2D eigenvalue weighted by atomic mass is 9.93. The molecule has 5 nitrogen and oxygen atoms in total. The topological polar surface area (TPSA) is 59.6 Å². The van der Waals surface area contributed by atoms with Gasteiger partial charge in [-0.25, -0.2) is 0 Å². The molecular formula is C17H26Cl2N2O3. The van der Waals surface area contributed by atoms with E-state index in [1.54, 1.807) is 25.3 Å². The van der Waals surface area contributed by atoms with E-state index in [9.17, 15) is 4.79 Å². The van der Waals surface area contributed by atoms with Crippen LogP contribution in [-0.4, -0.2) is 39.3 Å². The van der Waals surface area contributed by atoms with Crippen molar-refractivity contribution in [3.63, 3.8) is 0 Å². The number of hydrogen-bond donors (Lipinski definition) is 2. The lowest BCUT2D eigenvalue weighted by Gasteiger charge is -2.22. The fourth-order valence-corrected chi connectivity index (χ4v) is 2.89. The zero-order valence-corrected chi connectivity index (χ0v) is 15.5. The highest BCUT2D eigenvalue weighted by molar-refractivity contribution is 6.32. The molecule has 0 bridgehead atoms. The number of methoxy groups -OCH3 is 1. The van der Waals surface area contributed by atoms with Crippen molar-refractivity contribution in [2.45, 2.75) is 25.7 Å². The van der Waals surface area contributed by atoms with Crippen LogP contribution in [0.1, 0.15) is 25.7 Å². The third kappa shape index (κ3) is 7.26. The van der Waals surface area contributed by atoms with Crippen LogP contribution in [0.15, 0.2) is 18.2 Å². The Kier molecular flexibility index (Phi) is 10.1. The summed E-state index contributed by atoms with van der Waals surface area (Å²) in [7, 11) is 1.62. The SMILES string of the molecule is COCCOc1ccc(NC(=O)CCC2CCNCC2)cc1Cl.Cl. The lowest BCUT2D eigenvalue weighted by molar-refractivity contribution is -0.116. The van der Waals surface area contributed by atoms with Gasteiger partial charge >= 0.3 is 0 Å². The number of benzene rings is 1. The smallest absolute Gasteiger partial charge is 0.224 e. The molecule has 1 aromatic rings. The second-order valence-electron chi connectivity index (χ2n) is 5.77. The van der Waals surface area contributed by atoms with Crippen LogP contribution in [0, 0.1) is 5.92 Å². The summed E-state index contributed by atoms with van der Waals surface area (Å²) in [6.07, 6.45) is 3.81. The predicted octanol–water partition coefficient (Wildman–Crippen LogP) is 3.51. The molecule has 2 rings (SSSR count). The van der Waals surface area contributed by atoms with Crippen LogP contribution in [0.5, 0.6) is 5.75 Å². The highest BCUT2D eigenvalue weighted by Gasteiger charge is 2.14. The number of halogens is 2. The molecule has 1 heterocycles. The number of ether oxygens (including phenoxy) is 2. The van der Waals surface area contributed by atoms with Crippen LogP contribution in [0.2, 0.25) is 5.02 Å². The Morgan fingerprint density at radius 3 is 2.75 bits per heavy atom. The molecule has 0 spiro atoms. The standard InChI is InChI=1S/C17H25ClN2O3.ClH/c1-22-10-11-23-16-4-3-14(12-15(16)18)20-17(21)5-2-13-6-8-19-9-7-13;/h3-4,12-13,19H,2,5-11H2,1H3,(H,20,21);1H. The molecule has 1 aliphatic heterocycles. The van der Waals surface area contributed by atoms with Crippen molar-refractivity contribution < 1.29 is 14.3 Å². The van der Waals surface area contributed by atoms with E-state index in [0.717, 1.165) is 32.4 Å². The van der Waals surface area contributed by atoms with Crippen molar-refractivity contribution >= 4 is 35.6 Å². The number of anilines is 1. The van der Waals surface area contributed by atoms with E-state index in [4.69, 9.17) is 21.1 Å². The summed E-state index contributed by atoms with van der Waals surface area (Å²) >= 11 is 6.17. The third-order valence-corrected chi connectivity index (χ3v) is 4.29. The van der Waals surface area contributed by atoms with Gasteiger partial charge in [0.2, 0.25) is 5.91 Å². The minimum absolute atomic E-state index is 0. The second kappa shape index (κ2) is 11.5. The van der Waals surface area contributed by atoms with Crippen molar-refractivity contribution in [2.75, 3.05) is 38.7 Å². The van der Waals surface area contributed by atoms with Gasteiger partial charge in [-0.3, -0.25) is 4.79 Å². The van der Waals surface area contributed by atoms with Gasteiger partial charge in [-0.2, -0.15) is 0 Å². The van der Waals surface area contributed by atoms with Gasteiger partial charge in [-0.1, -0.05) is 11.6 Å². The Hall–Kier alpha value is -1.01. The van der Waals surface area contributed by atoms with E-state index in [-0.39, 0.29) is 18.3 Å². The Bertz CT molecular complexity index is 509. The zero-order chi connectivity index (χ0) is 16.5. The van der Waals surface area contributed by atoms with Gasteiger partial charge in [0.05, 0.1) is 11.6 Å². The van der Waals surface area contributed by atoms with Crippen LogP contribution in [0.25, 0.3) is 0 Å². The van der Waals surface area contributed by atoms with E-state index >= 15 is 0 Å². The average molecular weight is 377 g/mol. The largest absolute Gasteiger partial charge is 0.490 e. The molecular weight excluding hydrogens is 351 g/mol. The van der Waals surface area contributed by atoms with Gasteiger partial charge in [-0.15, -0.1) is 12.4 Å². The highest BCUT2D eigenvalue weighted by Crippen LogP contribution is 2.28. The van der Waals surface area contributed by atoms with Gasteiger partial charge in [0.25, 0.3) is 0 Å². The Balaban J connectivity index is 0.00000288. The molecule has 136 valence electrons. The highest BCUT2D eigenvalue weighted by atomic mass is 35.5. The summed E-state index contributed by atoms with van der Waals surface area (Å²) < 4.78 is 10.4. The minimum atomic E-state index is 0. The molecule has 1 aromatic carbocycles. The van der Waals surface area contributed by atoms with E-state index < -0.39 is 0 Å². The summed E-state index contributed by atoms with van der Waals surface area (Å²) in [5.74, 6) is 1.28. The number of hydrogen-bond acceptors (Lipinski definition) is 4. The first-order chi connectivity index (χ1) is 11.2. The Morgan fingerprint density at radius 2 is 2.08 bits per heavy atom. The summed E-state index contributed by atoms with van der Waals surface area (Å²) in [5, 5.41) is 6.72. The van der Waals surface area contributed by atoms with E-state index in [1.165, 1.54) is 0 Å². The number of rotatable bonds is 8. The van der Waals surface area contributed by atoms with E-state index in [2.05, 4.69) is 10.6 Å². The second-order valence-corrected chi connectivity index (χ2v) is 6.17. The molecule has 1 amide bonds. The molecule has 0 aliphatic carbocycles. The van der Waals surface area contributed by atoms with Gasteiger partial charge in [0.15, 0.2) is 0 Å². The molecule has 0 atom stereocenters. The van der Waals surface area contributed by atoms with E-state index in [1.807, 2.05) is 0 Å². The molecule has 0 radical (unpaired) electrons. The van der Waals surface area contributed by atoms with Crippen molar-refractivity contribution in [3.05, 3.63) is 23.2 Å². The molecule has 0 saturated carbocycles. The van der Waals surface area contributed by atoms with Gasteiger partial charge in [0, 0.05) is 19.2 Å². The zero-order valence-electron chi connectivity index (χ0n) is 14.0. The lowest BCUT2D eigenvalue weighted by Crippen LogP contribution is -2.28. The molecule has 1 saturated heterocycles. The molecule has 7 heteroatoms. The number of piperidine rings is 1. The maximum Gasteiger partial charge on any atom is 0.224 e. The van der Waals surface area contributed by atoms with Gasteiger partial charge in [-0.05, 0) is 56.5 Å². The van der Waals surface area contributed by atoms with Crippen LogP contribution in [-0.2, 0) is 9.53 Å². The molecule has 2 N–H and O–H groups in total. The number of carbonyl (C=O) groups excluding carboxylic acids is 1. The van der Waals surface area contributed by atoms with Crippen LogP contribution in [0.4, 0.5) is 5.69 Å². The van der Waals surface area contributed by atoms with Crippen molar-refractivity contribution in [3.8, 4) is 5.75 Å². The number of carbonyl (C=O) groups is 1. The van der Waals surface area contributed by atoms with Crippen LogP contribution in [0.3, 0.4) is 0 Å². The normalized spacial score (nSPS) is 14.8. The minimum Gasteiger partial charge on any atom is -0.490 e. The predicted molar refractivity (Wildman–Crippen MR) is 99.5 cm³/mol. The van der Waals surface area contributed by atoms with E-state index in [0.29, 0.717) is 42.0 Å². The van der Waals surface area contributed by atoms with Crippen LogP contribution >= 0.6 is 24.0 Å². The molecule has 24 heavy (non-hydrogen) atoms. The van der Waals surface area contributed by atoms with Gasteiger partial charge < -0.3 is 20.1 Å². The van der Waals surface area contributed by atoms with Gasteiger partial charge in [0.1, 0.15) is 12.4 Å². The molecule has 1 fully saturated rings. The molecule has 0 unspecified atom stereocenters. The third-order valence-electron chi connectivity index (χ3n) is 4.00. The Morgan fingerprint density at radius 1 is 1.33 bits per heavy atom. The first-order valence-corrected chi connectivity index (χ1v) is 8.48. The summed E-state index contributed by atoms with van der Waals surface area (Å²) in [6, 6.07) is 5.28. The summed E-state index contributed by atoms with van der Waals surface area (Å²) in [4.78, 5) is 12.0. The molecule has 0 aromatic heterocycles. The maximum absolute atomic E-state index is 12.0. The summed E-state index contributed by atoms with van der Waals surface area (Å²) in [6.45, 7) is 3.07. The van der Waals surface area contributed by atoms with Crippen molar-refractivity contribution in [1.29, 1.82) is 0 Å². The first kappa shape index (κ1) is 21.0. The maximum atomic E-state index is 12.0. The average Bonchev–Trinajstić information content (AvgIpc) is 2.56.